The van der Waals surface area contributed by atoms with Crippen LogP contribution in [0.5, 0.6) is 5.75 Å². The normalized spacial score (nSPS) is 15.2. The van der Waals surface area contributed by atoms with E-state index in [1.165, 1.54) is 29.6 Å². The van der Waals surface area contributed by atoms with Crippen LogP contribution in [0.1, 0.15) is 35.7 Å². The number of nitrogens with one attached hydrogen (secondary N) is 1. The molecule has 8 nitrogen and oxygen atoms in total. The largest absolute Gasteiger partial charge is 0.495 e. The van der Waals surface area contributed by atoms with Gasteiger partial charge in [-0.3, -0.25) is 9.59 Å². The minimum absolute atomic E-state index is 0.0482. The molecule has 3 rings (SSSR count). The molecule has 0 unspecified atom stereocenters. The van der Waals surface area contributed by atoms with Gasteiger partial charge in [0.15, 0.2) is 0 Å². The molecule has 1 aliphatic heterocycles. The van der Waals surface area contributed by atoms with Gasteiger partial charge in [0.05, 0.1) is 30.2 Å². The van der Waals surface area contributed by atoms with Gasteiger partial charge >= 0.3 is 5.97 Å². The maximum absolute atomic E-state index is 13.2. The van der Waals surface area contributed by atoms with Crippen LogP contribution in [0.2, 0.25) is 0 Å². The topological polar surface area (TPSA) is 102 Å². The first-order chi connectivity index (χ1) is 15.3. The van der Waals surface area contributed by atoms with E-state index in [1.807, 2.05) is 19.1 Å². The van der Waals surface area contributed by atoms with Gasteiger partial charge in [0.2, 0.25) is 10.0 Å². The molecule has 9 heteroatoms. The van der Waals surface area contributed by atoms with Gasteiger partial charge < -0.3 is 14.8 Å². The number of hydrogen-bond acceptors (Lipinski definition) is 6. The van der Waals surface area contributed by atoms with E-state index in [0.717, 1.165) is 5.56 Å². The van der Waals surface area contributed by atoms with E-state index in [0.29, 0.717) is 30.8 Å². The molecule has 2 aromatic rings. The minimum Gasteiger partial charge on any atom is -0.495 e. The highest BCUT2D eigenvalue weighted by Gasteiger charge is 2.33. The number of nitrogens with zero attached hydrogens (tertiary/aromatic N) is 1. The summed E-state index contributed by atoms with van der Waals surface area (Å²) in [4.78, 5) is 24.6. The lowest BCUT2D eigenvalue weighted by atomic mass is 9.98. The van der Waals surface area contributed by atoms with E-state index in [-0.39, 0.29) is 41.5 Å². The van der Waals surface area contributed by atoms with Gasteiger partial charge in [0, 0.05) is 18.7 Å². The van der Waals surface area contributed by atoms with Gasteiger partial charge in [0.25, 0.3) is 5.91 Å². The van der Waals surface area contributed by atoms with Crippen LogP contribution >= 0.6 is 0 Å². The van der Waals surface area contributed by atoms with Crippen molar-refractivity contribution in [1.82, 2.24) is 4.31 Å². The van der Waals surface area contributed by atoms with Crippen molar-refractivity contribution in [2.45, 2.75) is 31.6 Å². The Kier molecular flexibility index (Phi) is 7.52. The number of esters is 1. The third-order valence-electron chi connectivity index (χ3n) is 5.44. The number of sulfonamides is 1. The Labute approximate surface area is 188 Å². The lowest BCUT2D eigenvalue weighted by Crippen LogP contribution is -2.40. The maximum atomic E-state index is 13.2. The van der Waals surface area contributed by atoms with Gasteiger partial charge in [-0.15, -0.1) is 0 Å². The van der Waals surface area contributed by atoms with Crippen molar-refractivity contribution in [3.63, 3.8) is 0 Å². The second kappa shape index (κ2) is 10.1. The summed E-state index contributed by atoms with van der Waals surface area (Å²) in [7, 11) is -2.35. The second-order valence-electron chi connectivity index (χ2n) is 7.61. The minimum atomic E-state index is -3.80. The number of carbonyl (C=O) groups excluding carboxylic acids is 2. The fourth-order valence-corrected chi connectivity index (χ4v) is 5.08. The Bertz CT molecular complexity index is 1070. The molecule has 0 bridgehead atoms. The van der Waals surface area contributed by atoms with Crippen molar-refractivity contribution >= 4 is 27.6 Å². The van der Waals surface area contributed by atoms with E-state index in [9.17, 15) is 18.0 Å². The smallest absolute Gasteiger partial charge is 0.309 e. The fourth-order valence-electron chi connectivity index (χ4n) is 3.59. The van der Waals surface area contributed by atoms with Crippen molar-refractivity contribution < 1.29 is 27.5 Å². The van der Waals surface area contributed by atoms with Crippen molar-refractivity contribution in [1.29, 1.82) is 0 Å². The summed E-state index contributed by atoms with van der Waals surface area (Å²) in [5, 5.41) is 2.74. The van der Waals surface area contributed by atoms with Crippen molar-refractivity contribution in [2.75, 3.05) is 32.1 Å². The highest BCUT2D eigenvalue weighted by molar-refractivity contribution is 7.89. The van der Waals surface area contributed by atoms with Gasteiger partial charge in [-0.2, -0.15) is 4.31 Å². The molecule has 0 spiro atoms. The molecule has 1 N–H and O–H groups in total. The molecule has 1 amide bonds. The zero-order valence-electron chi connectivity index (χ0n) is 18.5. The van der Waals surface area contributed by atoms with Crippen LogP contribution in [0.4, 0.5) is 5.69 Å². The number of rotatable bonds is 7. The monoisotopic (exact) mass is 460 g/mol. The lowest BCUT2D eigenvalue weighted by molar-refractivity contribution is -0.149. The SMILES string of the molecule is CCOC(=O)C1CCN(S(=O)(=O)c2ccc(OC)c(NC(=O)c3ccc(C)cc3)c2)CC1. The molecular weight excluding hydrogens is 432 g/mol. The van der Waals surface area contributed by atoms with Gasteiger partial charge in [-0.25, -0.2) is 8.42 Å². The van der Waals surface area contributed by atoms with Crippen LogP contribution in [0.3, 0.4) is 0 Å². The zero-order chi connectivity index (χ0) is 23.3. The Morgan fingerprint density at radius 1 is 1.09 bits per heavy atom. The third-order valence-corrected chi connectivity index (χ3v) is 7.34. The highest BCUT2D eigenvalue weighted by Crippen LogP contribution is 2.31. The molecule has 0 radical (unpaired) electrons. The molecule has 172 valence electrons. The van der Waals surface area contributed by atoms with Crippen LogP contribution in [-0.4, -0.2) is 51.4 Å². The molecule has 0 aliphatic carbocycles. The average Bonchev–Trinajstić information content (AvgIpc) is 2.79. The Morgan fingerprint density at radius 2 is 1.75 bits per heavy atom. The Morgan fingerprint density at radius 3 is 2.34 bits per heavy atom. The summed E-state index contributed by atoms with van der Waals surface area (Å²) >= 11 is 0. The maximum Gasteiger partial charge on any atom is 0.309 e. The summed E-state index contributed by atoms with van der Waals surface area (Å²) in [5.74, 6) is -0.588. The first-order valence-corrected chi connectivity index (χ1v) is 11.9. The first kappa shape index (κ1) is 23.7. The summed E-state index contributed by atoms with van der Waals surface area (Å²) in [5.41, 5.74) is 1.74. The highest BCUT2D eigenvalue weighted by atomic mass is 32.2. The number of anilines is 1. The molecule has 32 heavy (non-hydrogen) atoms. The zero-order valence-corrected chi connectivity index (χ0v) is 19.3. The van der Waals surface area contributed by atoms with Gasteiger partial charge in [-0.1, -0.05) is 17.7 Å². The van der Waals surface area contributed by atoms with E-state index < -0.39 is 10.0 Å². The van der Waals surface area contributed by atoms with E-state index >= 15 is 0 Å². The van der Waals surface area contributed by atoms with Crippen LogP contribution < -0.4 is 10.1 Å². The molecule has 0 atom stereocenters. The Balaban J connectivity index is 1.78. The van der Waals surface area contributed by atoms with Crippen LogP contribution in [0.25, 0.3) is 0 Å². The number of hydrogen-bond donors (Lipinski definition) is 1. The average molecular weight is 461 g/mol. The van der Waals surface area contributed by atoms with Gasteiger partial charge in [-0.05, 0) is 57.0 Å². The number of carbonyl (C=O) groups is 2. The summed E-state index contributed by atoms with van der Waals surface area (Å²) in [6.45, 7) is 4.43. The number of amides is 1. The molecule has 1 saturated heterocycles. The van der Waals surface area contributed by atoms with Crippen molar-refractivity contribution in [3.8, 4) is 5.75 Å². The van der Waals surface area contributed by atoms with E-state index in [1.54, 1.807) is 19.1 Å². The molecule has 2 aromatic carbocycles. The second-order valence-corrected chi connectivity index (χ2v) is 9.55. The number of piperidine rings is 1. The van der Waals surface area contributed by atoms with Crippen LogP contribution in [0, 0.1) is 12.8 Å². The molecule has 1 aliphatic rings. The lowest BCUT2D eigenvalue weighted by Gasteiger charge is -2.30. The molecule has 0 aromatic heterocycles. The number of ether oxygens (including phenoxy) is 2. The standard InChI is InChI=1S/C23H28N2O6S/c1-4-31-23(27)18-11-13-25(14-12-18)32(28,29)19-9-10-21(30-3)20(15-19)24-22(26)17-7-5-16(2)6-8-17/h5-10,15,18H,4,11-14H2,1-3H3,(H,24,26). The number of methoxy groups -OCH3 is 1. The van der Waals surface area contributed by atoms with Crippen molar-refractivity contribution in [2.24, 2.45) is 5.92 Å². The summed E-state index contributed by atoms with van der Waals surface area (Å²) < 4.78 is 38.1. The predicted octanol–water partition coefficient (Wildman–Crippen LogP) is 3.22. The summed E-state index contributed by atoms with van der Waals surface area (Å²) in [6, 6.07) is 11.4. The Hall–Kier alpha value is -2.91. The van der Waals surface area contributed by atoms with Crippen LogP contribution in [-0.2, 0) is 19.6 Å². The number of aryl methyl sites for hydroxylation is 1. The van der Waals surface area contributed by atoms with Crippen molar-refractivity contribution in [3.05, 3.63) is 53.6 Å². The quantitative estimate of drug-likeness (QED) is 0.637. The van der Waals surface area contributed by atoms with Crippen LogP contribution in [0.15, 0.2) is 47.4 Å². The summed E-state index contributed by atoms with van der Waals surface area (Å²) in [6.07, 6.45) is 0.816. The fraction of sp³-hybridized carbons (Fsp3) is 0.391. The third kappa shape index (κ3) is 5.28. The molecule has 1 fully saturated rings. The molecule has 1 heterocycles. The predicted molar refractivity (Wildman–Crippen MR) is 120 cm³/mol. The van der Waals surface area contributed by atoms with E-state index in [2.05, 4.69) is 5.32 Å². The number of benzene rings is 2. The van der Waals surface area contributed by atoms with Gasteiger partial charge in [0.1, 0.15) is 5.75 Å². The first-order valence-electron chi connectivity index (χ1n) is 10.5. The molecular formula is C23H28N2O6S. The van der Waals surface area contributed by atoms with E-state index in [4.69, 9.17) is 9.47 Å². The molecule has 0 saturated carbocycles.